The van der Waals surface area contributed by atoms with Crippen LogP contribution in [0.3, 0.4) is 0 Å². The molecular weight excluding hydrogens is 302 g/mol. The molecule has 3 aromatic carbocycles. The second kappa shape index (κ2) is 4.74. The lowest BCUT2D eigenvalue weighted by molar-refractivity contribution is 1.05. The third kappa shape index (κ3) is 1.80. The van der Waals surface area contributed by atoms with E-state index in [4.69, 9.17) is 11.6 Å². The van der Waals surface area contributed by atoms with E-state index in [1.165, 1.54) is 28.1 Å². The maximum atomic E-state index is 6.55. The second-order valence-electron chi connectivity index (χ2n) is 5.99. The van der Waals surface area contributed by atoms with Crippen LogP contribution in [0.1, 0.15) is 22.6 Å². The van der Waals surface area contributed by atoms with Gasteiger partial charge in [0.1, 0.15) is 0 Å². The fourth-order valence-electron chi connectivity index (χ4n) is 3.69. The number of nitrogens with zero attached hydrogens (tertiary/aromatic N) is 1. The first-order valence-electron chi connectivity index (χ1n) is 7.79. The van der Waals surface area contributed by atoms with Crippen molar-refractivity contribution in [1.82, 2.24) is 0 Å². The van der Waals surface area contributed by atoms with Crippen molar-refractivity contribution < 1.29 is 0 Å². The Balaban J connectivity index is 1.89. The molecule has 6 bridgehead atoms. The number of fused-ring (bicyclic) bond motifs is 2. The lowest BCUT2D eigenvalue weighted by Crippen LogP contribution is -2.11. The third-order valence-corrected chi connectivity index (χ3v) is 5.07. The molecule has 1 atom stereocenters. The van der Waals surface area contributed by atoms with Crippen molar-refractivity contribution >= 4 is 34.7 Å². The number of anilines is 3. The predicted molar refractivity (Wildman–Crippen MR) is 97.0 cm³/mol. The van der Waals surface area contributed by atoms with Crippen molar-refractivity contribution in [3.63, 3.8) is 0 Å². The first-order chi connectivity index (χ1) is 11.3. The van der Waals surface area contributed by atoms with E-state index in [1.54, 1.807) is 0 Å². The van der Waals surface area contributed by atoms with Gasteiger partial charge in [-0.25, -0.2) is 0 Å². The third-order valence-electron chi connectivity index (χ3n) is 4.74. The first kappa shape index (κ1) is 13.0. The Morgan fingerprint density at radius 3 is 2.30 bits per heavy atom. The zero-order chi connectivity index (χ0) is 15.4. The smallest absolute Gasteiger partial charge is 0.0538 e. The Hall–Kier alpha value is -2.51. The molecule has 110 valence electrons. The largest absolute Gasteiger partial charge is 0.310 e. The van der Waals surface area contributed by atoms with Gasteiger partial charge in [0.15, 0.2) is 0 Å². The second-order valence-corrected chi connectivity index (χ2v) is 6.40. The molecule has 6 rings (SSSR count). The Labute approximate surface area is 140 Å². The van der Waals surface area contributed by atoms with Crippen molar-refractivity contribution in [3.05, 3.63) is 94.5 Å². The molecule has 2 aliphatic heterocycles. The molecule has 0 spiro atoms. The topological polar surface area (TPSA) is 3.24 Å². The van der Waals surface area contributed by atoms with Crippen LogP contribution in [0.15, 0.2) is 72.8 Å². The molecule has 0 N–H and O–H groups in total. The van der Waals surface area contributed by atoms with E-state index >= 15 is 0 Å². The van der Waals surface area contributed by atoms with E-state index < -0.39 is 0 Å². The fourth-order valence-corrected chi connectivity index (χ4v) is 3.97. The van der Waals surface area contributed by atoms with Crippen LogP contribution in [0.4, 0.5) is 17.1 Å². The molecule has 1 aliphatic carbocycles. The van der Waals surface area contributed by atoms with E-state index in [9.17, 15) is 0 Å². The number of hydrogen-bond acceptors (Lipinski definition) is 1. The summed E-state index contributed by atoms with van der Waals surface area (Å²) >= 11 is 6.55. The van der Waals surface area contributed by atoms with Crippen molar-refractivity contribution in [2.75, 3.05) is 4.90 Å². The highest BCUT2D eigenvalue weighted by atomic mass is 35.5. The van der Waals surface area contributed by atoms with Gasteiger partial charge in [0, 0.05) is 27.9 Å². The van der Waals surface area contributed by atoms with Crippen LogP contribution in [-0.4, -0.2) is 0 Å². The van der Waals surface area contributed by atoms with E-state index in [0.29, 0.717) is 0 Å². The molecule has 2 heterocycles. The lowest BCUT2D eigenvalue weighted by atomic mass is 9.93. The minimum atomic E-state index is 0.252. The number of benzene rings is 3. The monoisotopic (exact) mass is 315 g/mol. The van der Waals surface area contributed by atoms with Crippen molar-refractivity contribution in [2.24, 2.45) is 0 Å². The van der Waals surface area contributed by atoms with E-state index in [1.807, 2.05) is 12.1 Å². The minimum absolute atomic E-state index is 0.252. The van der Waals surface area contributed by atoms with Gasteiger partial charge < -0.3 is 4.90 Å². The molecule has 0 saturated heterocycles. The molecule has 23 heavy (non-hydrogen) atoms. The molecular formula is C21H14ClN. The first-order valence-corrected chi connectivity index (χ1v) is 8.16. The van der Waals surface area contributed by atoms with Gasteiger partial charge in [0.05, 0.1) is 5.69 Å². The number of hydrogen-bond donors (Lipinski definition) is 0. The summed E-state index contributed by atoms with van der Waals surface area (Å²) in [6, 6.07) is 23.4. The quantitative estimate of drug-likeness (QED) is 0.510. The lowest BCUT2D eigenvalue weighted by Gasteiger charge is -2.27. The summed E-state index contributed by atoms with van der Waals surface area (Å²) < 4.78 is 0. The van der Waals surface area contributed by atoms with Crippen LogP contribution < -0.4 is 4.90 Å². The van der Waals surface area contributed by atoms with Gasteiger partial charge in [-0.2, -0.15) is 0 Å². The van der Waals surface area contributed by atoms with Gasteiger partial charge in [-0.05, 0) is 47.5 Å². The normalized spacial score (nSPS) is 17.1. The molecule has 0 radical (unpaired) electrons. The van der Waals surface area contributed by atoms with Crippen LogP contribution >= 0.6 is 11.6 Å². The summed E-state index contributed by atoms with van der Waals surface area (Å²) in [6.07, 6.45) is 4.47. The van der Waals surface area contributed by atoms with Gasteiger partial charge in [0.2, 0.25) is 0 Å². The number of halogens is 1. The summed E-state index contributed by atoms with van der Waals surface area (Å²) in [5.74, 6) is 0.252. The molecule has 0 saturated carbocycles. The average Bonchev–Trinajstić information content (AvgIpc) is 3.06. The van der Waals surface area contributed by atoms with Crippen LogP contribution in [0.2, 0.25) is 5.02 Å². The maximum Gasteiger partial charge on any atom is 0.0538 e. The van der Waals surface area contributed by atoms with E-state index in [0.717, 1.165) is 10.7 Å². The van der Waals surface area contributed by atoms with Crippen molar-refractivity contribution in [2.45, 2.75) is 5.92 Å². The highest BCUT2D eigenvalue weighted by Gasteiger charge is 2.28. The Kier molecular flexibility index (Phi) is 2.67. The molecule has 3 aliphatic rings. The zero-order valence-electron chi connectivity index (χ0n) is 12.4. The molecule has 1 unspecified atom stereocenters. The Bertz CT molecular complexity index is 926. The number of allylic oxidation sites excluding steroid dienone is 1. The molecule has 0 fully saturated rings. The maximum absolute atomic E-state index is 6.55. The summed E-state index contributed by atoms with van der Waals surface area (Å²) in [5, 5.41) is 0.844. The van der Waals surface area contributed by atoms with Crippen molar-refractivity contribution in [3.8, 4) is 0 Å². The Morgan fingerprint density at radius 1 is 0.783 bits per heavy atom. The highest BCUT2D eigenvalue weighted by Crippen LogP contribution is 2.48. The van der Waals surface area contributed by atoms with Crippen LogP contribution in [0.25, 0.3) is 6.08 Å². The Morgan fingerprint density at radius 2 is 1.52 bits per heavy atom. The molecule has 2 heteroatoms. The summed E-state index contributed by atoms with van der Waals surface area (Å²) in [7, 11) is 0. The predicted octanol–water partition coefficient (Wildman–Crippen LogP) is 6.28. The van der Waals surface area contributed by atoms with Gasteiger partial charge >= 0.3 is 0 Å². The number of rotatable bonds is 1. The van der Waals surface area contributed by atoms with Crippen LogP contribution in [-0.2, 0) is 0 Å². The molecule has 3 aromatic rings. The fraction of sp³-hybridized carbons (Fsp3) is 0.0476. The van der Waals surface area contributed by atoms with Crippen LogP contribution in [0, 0.1) is 0 Å². The van der Waals surface area contributed by atoms with Gasteiger partial charge in [-0.1, -0.05) is 54.1 Å². The van der Waals surface area contributed by atoms with E-state index in [-0.39, 0.29) is 5.92 Å². The van der Waals surface area contributed by atoms with Gasteiger partial charge in [-0.3, -0.25) is 0 Å². The number of para-hydroxylation sites is 1. The summed E-state index contributed by atoms with van der Waals surface area (Å²) in [6.45, 7) is 0. The molecule has 1 nitrogen and oxygen atoms in total. The van der Waals surface area contributed by atoms with Crippen LogP contribution in [0.5, 0.6) is 0 Å². The summed E-state index contributed by atoms with van der Waals surface area (Å²) in [4.78, 5) is 2.30. The summed E-state index contributed by atoms with van der Waals surface area (Å²) in [5.41, 5.74) is 7.25. The highest BCUT2D eigenvalue weighted by molar-refractivity contribution is 6.32. The average molecular weight is 316 g/mol. The molecule has 0 aromatic heterocycles. The van der Waals surface area contributed by atoms with Gasteiger partial charge in [0.25, 0.3) is 0 Å². The SMILES string of the molecule is Clc1ccc2c3c1C(C=C3)c1ccc(cc1)N2c1ccccc1. The van der Waals surface area contributed by atoms with Crippen molar-refractivity contribution in [1.29, 1.82) is 0 Å². The zero-order valence-corrected chi connectivity index (χ0v) is 13.2. The standard InChI is InChI=1S/C21H14ClN/c22-19-12-13-20-18-11-10-17(21(18)19)14-6-8-16(9-7-14)23(20)15-4-2-1-3-5-15/h1-13,17H. The minimum Gasteiger partial charge on any atom is -0.310 e. The van der Waals surface area contributed by atoms with Gasteiger partial charge in [-0.15, -0.1) is 0 Å². The van der Waals surface area contributed by atoms with E-state index in [2.05, 4.69) is 71.6 Å². The molecule has 0 amide bonds.